The first kappa shape index (κ1) is 16.8. The van der Waals surface area contributed by atoms with Crippen LogP contribution < -0.4 is 4.90 Å². The van der Waals surface area contributed by atoms with Gasteiger partial charge in [0.1, 0.15) is 0 Å². The van der Waals surface area contributed by atoms with E-state index in [1.165, 1.54) is 34.0 Å². The van der Waals surface area contributed by atoms with Gasteiger partial charge < -0.3 is 4.90 Å². The van der Waals surface area contributed by atoms with Crippen LogP contribution in [0.2, 0.25) is 0 Å². The maximum Gasteiger partial charge on any atom is 0.0709 e. The molecule has 29 heavy (non-hydrogen) atoms. The molecule has 2 aliphatic carbocycles. The summed E-state index contributed by atoms with van der Waals surface area (Å²) in [7, 11) is 2.29. The molecule has 2 aromatic carbocycles. The van der Waals surface area contributed by atoms with Crippen LogP contribution in [0.3, 0.4) is 0 Å². The fourth-order valence-corrected chi connectivity index (χ4v) is 5.73. The van der Waals surface area contributed by atoms with Crippen molar-refractivity contribution in [3.63, 3.8) is 0 Å². The number of aromatic nitrogens is 1. The van der Waals surface area contributed by atoms with Gasteiger partial charge in [0.25, 0.3) is 0 Å². The Balaban J connectivity index is 1.67. The molecule has 0 saturated heterocycles. The van der Waals surface area contributed by atoms with E-state index in [2.05, 4.69) is 84.8 Å². The van der Waals surface area contributed by atoms with E-state index in [4.69, 9.17) is 4.98 Å². The summed E-state index contributed by atoms with van der Waals surface area (Å²) in [6.45, 7) is 0. The van der Waals surface area contributed by atoms with Crippen molar-refractivity contribution < 1.29 is 0 Å². The maximum absolute atomic E-state index is 4.79. The highest BCUT2D eigenvalue weighted by Crippen LogP contribution is 2.51. The number of rotatable bonds is 1. The highest BCUT2D eigenvalue weighted by Gasteiger charge is 2.42. The summed E-state index contributed by atoms with van der Waals surface area (Å²) in [5.74, 6) is 1.14. The van der Waals surface area contributed by atoms with E-state index in [-0.39, 0.29) is 0 Å². The number of anilines is 1. The fraction of sp³-hybridized carbons (Fsp3) is 0.222. The summed E-state index contributed by atoms with van der Waals surface area (Å²) in [5, 5.41) is 2.63. The second-order valence-corrected chi connectivity index (χ2v) is 8.40. The van der Waals surface area contributed by atoms with Crippen LogP contribution in [-0.2, 0) is 0 Å². The number of hydrogen-bond donors (Lipinski definition) is 0. The summed E-state index contributed by atoms with van der Waals surface area (Å²) in [6, 6.07) is 20.0. The number of fused-ring (bicyclic) bond motifs is 6. The number of benzene rings is 2. The van der Waals surface area contributed by atoms with E-state index in [9.17, 15) is 0 Å². The summed E-state index contributed by atoms with van der Waals surface area (Å²) < 4.78 is 0. The lowest BCUT2D eigenvalue weighted by Gasteiger charge is -2.48. The third-order valence-electron chi connectivity index (χ3n) is 6.95. The van der Waals surface area contributed by atoms with Crippen molar-refractivity contribution in [3.05, 3.63) is 102 Å². The molecule has 2 unspecified atom stereocenters. The van der Waals surface area contributed by atoms with Crippen molar-refractivity contribution in [3.8, 4) is 0 Å². The molecule has 1 saturated carbocycles. The SMILES string of the molecule is CN1c2c(ccc3ccccc23)C(c2ccccn2)=C2CCC3C=CC=CC3[C@@H]21. The monoisotopic (exact) mass is 376 g/mol. The Morgan fingerprint density at radius 2 is 1.79 bits per heavy atom. The predicted octanol–water partition coefficient (Wildman–Crippen LogP) is 6.01. The first-order chi connectivity index (χ1) is 14.3. The minimum absolute atomic E-state index is 0.380. The molecule has 3 aliphatic rings. The molecule has 1 aromatic heterocycles. The molecule has 6 rings (SSSR count). The zero-order valence-corrected chi connectivity index (χ0v) is 16.6. The molecule has 1 fully saturated rings. The third-order valence-corrected chi connectivity index (χ3v) is 6.95. The van der Waals surface area contributed by atoms with Crippen molar-refractivity contribution in [2.24, 2.45) is 11.8 Å². The van der Waals surface area contributed by atoms with Crippen LogP contribution in [0.15, 0.2) is 90.7 Å². The number of pyridine rings is 1. The molecule has 0 N–H and O–H groups in total. The molecule has 1 aliphatic heterocycles. The van der Waals surface area contributed by atoms with E-state index in [0.717, 1.165) is 12.1 Å². The summed E-state index contributed by atoms with van der Waals surface area (Å²) >= 11 is 0. The lowest BCUT2D eigenvalue weighted by atomic mass is 9.67. The Hall–Kier alpha value is -3.13. The van der Waals surface area contributed by atoms with Crippen LogP contribution in [0.25, 0.3) is 16.3 Å². The van der Waals surface area contributed by atoms with E-state index >= 15 is 0 Å². The molecular formula is C27H24N2. The Morgan fingerprint density at radius 3 is 2.69 bits per heavy atom. The van der Waals surface area contributed by atoms with Crippen LogP contribution in [0.1, 0.15) is 24.1 Å². The van der Waals surface area contributed by atoms with Crippen LogP contribution in [0.4, 0.5) is 5.69 Å². The average Bonchev–Trinajstić information content (AvgIpc) is 2.79. The second-order valence-electron chi connectivity index (χ2n) is 8.40. The number of allylic oxidation sites excluding steroid dienone is 3. The Kier molecular flexibility index (Phi) is 3.73. The Bertz CT molecular complexity index is 1190. The zero-order valence-electron chi connectivity index (χ0n) is 16.6. The van der Waals surface area contributed by atoms with E-state index in [0.29, 0.717) is 17.9 Å². The highest BCUT2D eigenvalue weighted by atomic mass is 15.2. The normalized spacial score (nSPS) is 25.0. The Morgan fingerprint density at radius 1 is 0.931 bits per heavy atom. The van der Waals surface area contributed by atoms with Gasteiger partial charge in [-0.15, -0.1) is 0 Å². The van der Waals surface area contributed by atoms with Crippen molar-refractivity contribution in [1.29, 1.82) is 0 Å². The standard InChI is InChI=1S/C27H24N2/c1-29-26-20-10-4-2-8-18(20)13-15-22(26)25(24-12-6-7-17-28-24)23-16-14-19-9-3-5-11-21(19)27(23)29/h2-13,15,17,19,21,27H,14,16H2,1H3/t19?,21?,27-/m0/s1. The molecule has 142 valence electrons. The maximum atomic E-state index is 4.79. The topological polar surface area (TPSA) is 16.1 Å². The van der Waals surface area contributed by atoms with Crippen molar-refractivity contribution >= 4 is 22.0 Å². The van der Waals surface area contributed by atoms with Gasteiger partial charge in [-0.2, -0.15) is 0 Å². The smallest absolute Gasteiger partial charge is 0.0709 e. The van der Waals surface area contributed by atoms with Gasteiger partial charge in [-0.05, 0) is 41.9 Å². The van der Waals surface area contributed by atoms with Gasteiger partial charge in [-0.3, -0.25) is 4.98 Å². The van der Waals surface area contributed by atoms with E-state index in [1.54, 1.807) is 5.57 Å². The average molecular weight is 377 g/mol. The molecular weight excluding hydrogens is 352 g/mol. The van der Waals surface area contributed by atoms with Crippen molar-refractivity contribution in [2.45, 2.75) is 18.9 Å². The molecule has 2 heterocycles. The number of likely N-dealkylation sites (N-methyl/N-ethyl adjacent to an activating group) is 1. The van der Waals surface area contributed by atoms with Crippen molar-refractivity contribution in [2.75, 3.05) is 11.9 Å². The molecule has 3 aromatic rings. The summed E-state index contributed by atoms with van der Waals surface area (Å²) in [6.07, 6.45) is 13.6. The minimum atomic E-state index is 0.380. The molecule has 0 amide bonds. The molecule has 0 radical (unpaired) electrons. The molecule has 2 nitrogen and oxygen atoms in total. The molecule has 3 atom stereocenters. The first-order valence-corrected chi connectivity index (χ1v) is 10.6. The van der Waals surface area contributed by atoms with Crippen LogP contribution in [-0.4, -0.2) is 18.1 Å². The minimum Gasteiger partial charge on any atom is -0.366 e. The van der Waals surface area contributed by atoms with Crippen LogP contribution in [0.5, 0.6) is 0 Å². The third kappa shape index (κ3) is 2.45. The lowest BCUT2D eigenvalue weighted by Crippen LogP contribution is -2.47. The summed E-state index contributed by atoms with van der Waals surface area (Å²) in [5.41, 5.74) is 6.68. The van der Waals surface area contributed by atoms with Gasteiger partial charge in [-0.1, -0.05) is 66.8 Å². The van der Waals surface area contributed by atoms with Crippen LogP contribution >= 0.6 is 0 Å². The van der Waals surface area contributed by atoms with Crippen molar-refractivity contribution in [1.82, 2.24) is 4.98 Å². The van der Waals surface area contributed by atoms with Gasteiger partial charge in [0, 0.05) is 35.7 Å². The fourth-order valence-electron chi connectivity index (χ4n) is 5.73. The Labute approximate surface area is 171 Å². The van der Waals surface area contributed by atoms with Gasteiger partial charge in [0.05, 0.1) is 17.4 Å². The predicted molar refractivity (Wildman–Crippen MR) is 121 cm³/mol. The highest BCUT2D eigenvalue weighted by molar-refractivity contribution is 6.04. The zero-order chi connectivity index (χ0) is 19.4. The number of hydrogen-bond acceptors (Lipinski definition) is 2. The van der Waals surface area contributed by atoms with Crippen LogP contribution in [0, 0.1) is 11.8 Å². The van der Waals surface area contributed by atoms with E-state index < -0.39 is 0 Å². The van der Waals surface area contributed by atoms with Gasteiger partial charge in [0.15, 0.2) is 0 Å². The molecule has 0 spiro atoms. The van der Waals surface area contributed by atoms with Gasteiger partial charge >= 0.3 is 0 Å². The van der Waals surface area contributed by atoms with Gasteiger partial charge in [0.2, 0.25) is 0 Å². The van der Waals surface area contributed by atoms with E-state index in [1.807, 2.05) is 12.3 Å². The molecule has 2 heteroatoms. The lowest BCUT2D eigenvalue weighted by molar-refractivity contribution is 0.342. The molecule has 0 bridgehead atoms. The van der Waals surface area contributed by atoms with Gasteiger partial charge in [-0.25, -0.2) is 0 Å². The largest absolute Gasteiger partial charge is 0.366 e. The quantitative estimate of drug-likeness (QED) is 0.517. The second kappa shape index (κ2) is 6.45. The number of nitrogens with zero attached hydrogens (tertiary/aromatic N) is 2. The first-order valence-electron chi connectivity index (χ1n) is 10.6. The summed E-state index contributed by atoms with van der Waals surface area (Å²) in [4.78, 5) is 7.35.